The predicted octanol–water partition coefficient (Wildman–Crippen LogP) is 1.21. The van der Waals surface area contributed by atoms with E-state index in [0.29, 0.717) is 30.9 Å². The molecule has 1 atom stereocenters. The van der Waals surface area contributed by atoms with Crippen molar-refractivity contribution in [2.45, 2.75) is 19.4 Å². The van der Waals surface area contributed by atoms with Crippen molar-refractivity contribution < 1.29 is 14.3 Å². The number of ketones is 1. The molecule has 1 saturated heterocycles. The van der Waals surface area contributed by atoms with Gasteiger partial charge < -0.3 is 15.4 Å². The lowest BCUT2D eigenvalue weighted by Gasteiger charge is -2.23. The van der Waals surface area contributed by atoms with E-state index in [1.54, 1.807) is 24.3 Å². The van der Waals surface area contributed by atoms with Crippen LogP contribution in [0.4, 0.5) is 5.69 Å². The Morgan fingerprint density at radius 1 is 1.37 bits per heavy atom. The average Bonchev–Trinajstić information content (AvgIpc) is 2.40. The summed E-state index contributed by atoms with van der Waals surface area (Å²) in [6, 6.07) is 6.96. The largest absolute Gasteiger partial charge is 0.378 e. The van der Waals surface area contributed by atoms with Crippen LogP contribution in [0.2, 0.25) is 0 Å². The van der Waals surface area contributed by atoms with Crippen LogP contribution in [0.3, 0.4) is 0 Å². The molecule has 2 rings (SSSR count). The van der Waals surface area contributed by atoms with Crippen molar-refractivity contribution in [2.24, 2.45) is 0 Å². The molecule has 1 heterocycles. The van der Waals surface area contributed by atoms with E-state index in [4.69, 9.17) is 4.74 Å². The van der Waals surface area contributed by atoms with E-state index in [9.17, 15) is 9.59 Å². The molecule has 5 nitrogen and oxygen atoms in total. The van der Waals surface area contributed by atoms with Gasteiger partial charge in [0.1, 0.15) is 0 Å². The normalized spacial score (nSPS) is 18.9. The molecule has 0 radical (unpaired) electrons. The molecule has 0 aliphatic carbocycles. The Morgan fingerprint density at radius 3 is 2.68 bits per heavy atom. The van der Waals surface area contributed by atoms with Crippen LogP contribution in [0.1, 0.15) is 23.7 Å². The summed E-state index contributed by atoms with van der Waals surface area (Å²) in [4.78, 5) is 23.0. The molecule has 1 amide bonds. The number of anilines is 1. The maximum absolute atomic E-state index is 11.8. The Hall–Kier alpha value is -1.72. The first-order valence-corrected chi connectivity index (χ1v) is 6.37. The fraction of sp³-hybridized carbons (Fsp3) is 0.429. The van der Waals surface area contributed by atoms with Crippen molar-refractivity contribution in [2.75, 3.05) is 25.1 Å². The maximum atomic E-state index is 11.8. The molecule has 1 fully saturated rings. The number of hydrogen-bond acceptors (Lipinski definition) is 4. The third-order valence-corrected chi connectivity index (χ3v) is 3.01. The summed E-state index contributed by atoms with van der Waals surface area (Å²) in [7, 11) is 0. The number of carbonyl (C=O) groups excluding carboxylic acids is 2. The van der Waals surface area contributed by atoms with Crippen LogP contribution in [0.25, 0.3) is 0 Å². The zero-order valence-electron chi connectivity index (χ0n) is 10.9. The Balaban J connectivity index is 1.85. The number of Topliss-reactive ketones (excluding diaryl/α,β-unsaturated/α-hetero) is 1. The van der Waals surface area contributed by atoms with Crippen LogP contribution >= 0.6 is 0 Å². The molecular formula is C14H18N2O3. The van der Waals surface area contributed by atoms with Crippen LogP contribution in [-0.4, -0.2) is 37.5 Å². The number of amides is 1. The maximum Gasteiger partial charge on any atom is 0.226 e. The summed E-state index contributed by atoms with van der Waals surface area (Å²) in [5.74, 6) is -0.0417. The smallest absolute Gasteiger partial charge is 0.226 e. The van der Waals surface area contributed by atoms with Gasteiger partial charge in [0.05, 0.1) is 13.2 Å². The van der Waals surface area contributed by atoms with Gasteiger partial charge in [0.15, 0.2) is 5.78 Å². The molecule has 0 aromatic heterocycles. The highest BCUT2D eigenvalue weighted by Gasteiger charge is 2.16. The van der Waals surface area contributed by atoms with Gasteiger partial charge in [-0.05, 0) is 31.2 Å². The Bertz CT molecular complexity index is 450. The second-order valence-corrected chi connectivity index (χ2v) is 4.61. The topological polar surface area (TPSA) is 67.4 Å². The zero-order chi connectivity index (χ0) is 13.7. The minimum Gasteiger partial charge on any atom is -0.378 e. The van der Waals surface area contributed by atoms with Gasteiger partial charge in [-0.15, -0.1) is 0 Å². The monoisotopic (exact) mass is 262 g/mol. The number of morpholine rings is 1. The van der Waals surface area contributed by atoms with E-state index in [1.165, 1.54) is 6.92 Å². The van der Waals surface area contributed by atoms with Gasteiger partial charge in [-0.2, -0.15) is 0 Å². The highest BCUT2D eigenvalue weighted by atomic mass is 16.5. The third-order valence-electron chi connectivity index (χ3n) is 3.01. The number of carbonyl (C=O) groups is 2. The molecule has 1 aromatic rings. The predicted molar refractivity (Wildman–Crippen MR) is 72.3 cm³/mol. The SMILES string of the molecule is CC(=O)c1ccc(NC(=O)CC2COCCN2)cc1. The second-order valence-electron chi connectivity index (χ2n) is 4.61. The molecule has 19 heavy (non-hydrogen) atoms. The molecule has 0 saturated carbocycles. The zero-order valence-corrected chi connectivity index (χ0v) is 10.9. The molecule has 5 heteroatoms. The fourth-order valence-electron chi connectivity index (χ4n) is 1.97. The van der Waals surface area contributed by atoms with Crippen LogP contribution in [0.5, 0.6) is 0 Å². The van der Waals surface area contributed by atoms with Gasteiger partial charge in [0, 0.05) is 30.3 Å². The summed E-state index contributed by atoms with van der Waals surface area (Å²) in [6.07, 6.45) is 0.383. The molecular weight excluding hydrogens is 244 g/mol. The van der Waals surface area contributed by atoms with E-state index < -0.39 is 0 Å². The van der Waals surface area contributed by atoms with E-state index >= 15 is 0 Å². The minimum atomic E-state index is -0.0569. The van der Waals surface area contributed by atoms with Crippen LogP contribution in [-0.2, 0) is 9.53 Å². The molecule has 0 spiro atoms. The van der Waals surface area contributed by atoms with Crippen molar-refractivity contribution in [3.8, 4) is 0 Å². The lowest BCUT2D eigenvalue weighted by atomic mass is 10.1. The van der Waals surface area contributed by atoms with Gasteiger partial charge >= 0.3 is 0 Å². The fourth-order valence-corrected chi connectivity index (χ4v) is 1.97. The van der Waals surface area contributed by atoms with E-state index in [2.05, 4.69) is 10.6 Å². The molecule has 1 aliphatic heterocycles. The highest BCUT2D eigenvalue weighted by Crippen LogP contribution is 2.11. The van der Waals surface area contributed by atoms with Gasteiger partial charge in [-0.3, -0.25) is 9.59 Å². The van der Waals surface area contributed by atoms with E-state index in [-0.39, 0.29) is 17.7 Å². The minimum absolute atomic E-state index is 0.0152. The van der Waals surface area contributed by atoms with Crippen molar-refractivity contribution in [1.82, 2.24) is 5.32 Å². The lowest BCUT2D eigenvalue weighted by Crippen LogP contribution is -2.43. The molecule has 1 aliphatic rings. The van der Waals surface area contributed by atoms with E-state index in [0.717, 1.165) is 6.54 Å². The average molecular weight is 262 g/mol. The standard InChI is InChI=1S/C14H18N2O3/c1-10(17)11-2-4-12(5-3-11)16-14(18)8-13-9-19-7-6-15-13/h2-5,13,15H,6-9H2,1H3,(H,16,18). The van der Waals surface area contributed by atoms with Crippen molar-refractivity contribution >= 4 is 17.4 Å². The number of benzene rings is 1. The Morgan fingerprint density at radius 2 is 2.11 bits per heavy atom. The quantitative estimate of drug-likeness (QED) is 0.800. The van der Waals surface area contributed by atoms with E-state index in [1.807, 2.05) is 0 Å². The molecule has 2 N–H and O–H groups in total. The summed E-state index contributed by atoms with van der Waals surface area (Å²) in [5, 5.41) is 6.04. The van der Waals surface area contributed by atoms with Crippen molar-refractivity contribution in [3.05, 3.63) is 29.8 Å². The summed E-state index contributed by atoms with van der Waals surface area (Å²) < 4.78 is 5.30. The Kier molecular flexibility index (Phi) is 4.65. The molecule has 1 unspecified atom stereocenters. The number of ether oxygens (including phenoxy) is 1. The van der Waals surface area contributed by atoms with Crippen LogP contribution in [0, 0.1) is 0 Å². The summed E-state index contributed by atoms with van der Waals surface area (Å²) >= 11 is 0. The number of rotatable bonds is 4. The third kappa shape index (κ3) is 4.15. The van der Waals surface area contributed by atoms with Gasteiger partial charge in [0.2, 0.25) is 5.91 Å². The number of nitrogens with one attached hydrogen (secondary N) is 2. The van der Waals surface area contributed by atoms with Gasteiger partial charge in [0.25, 0.3) is 0 Å². The first-order valence-electron chi connectivity index (χ1n) is 6.37. The summed E-state index contributed by atoms with van der Waals surface area (Å²) in [5.41, 5.74) is 1.34. The Labute approximate surface area is 112 Å². The number of hydrogen-bond donors (Lipinski definition) is 2. The first kappa shape index (κ1) is 13.7. The van der Waals surface area contributed by atoms with Crippen LogP contribution in [0.15, 0.2) is 24.3 Å². The first-order chi connectivity index (χ1) is 9.15. The summed E-state index contributed by atoms with van der Waals surface area (Å²) in [6.45, 7) is 3.56. The van der Waals surface area contributed by atoms with Gasteiger partial charge in [-0.1, -0.05) is 0 Å². The van der Waals surface area contributed by atoms with Crippen molar-refractivity contribution in [3.63, 3.8) is 0 Å². The highest BCUT2D eigenvalue weighted by molar-refractivity contribution is 5.95. The second kappa shape index (κ2) is 6.45. The lowest BCUT2D eigenvalue weighted by molar-refractivity contribution is -0.117. The molecule has 1 aromatic carbocycles. The molecule has 0 bridgehead atoms. The van der Waals surface area contributed by atoms with Gasteiger partial charge in [-0.25, -0.2) is 0 Å². The van der Waals surface area contributed by atoms with Crippen LogP contribution < -0.4 is 10.6 Å². The molecule has 102 valence electrons. The van der Waals surface area contributed by atoms with Crippen molar-refractivity contribution in [1.29, 1.82) is 0 Å².